The molecule has 5 aliphatic rings. The summed E-state index contributed by atoms with van der Waals surface area (Å²) in [6.07, 6.45) is 7.75. The van der Waals surface area contributed by atoms with Gasteiger partial charge in [0.25, 0.3) is 0 Å². The van der Waals surface area contributed by atoms with E-state index in [4.69, 9.17) is 91.2 Å². The highest BCUT2D eigenvalue weighted by Crippen LogP contribution is 2.46. The number of benzene rings is 9. The molecule has 26 nitrogen and oxygen atoms in total. The zero-order valence-corrected chi connectivity index (χ0v) is 79.1. The van der Waals surface area contributed by atoms with E-state index in [2.05, 4.69) is 60.5 Å². The van der Waals surface area contributed by atoms with Crippen LogP contribution in [0.15, 0.2) is 207 Å². The van der Waals surface area contributed by atoms with Crippen molar-refractivity contribution in [2.75, 3.05) is 95.9 Å². The Hall–Kier alpha value is -12.1. The molecule has 0 aliphatic carbocycles. The molecule has 32 heteroatoms. The van der Waals surface area contributed by atoms with E-state index < -0.39 is 28.3 Å². The molecule has 14 aromatic rings. The minimum Gasteiger partial charge on any atom is -0.494 e. The Balaban J connectivity index is 0.000000130. The summed E-state index contributed by atoms with van der Waals surface area (Å²) in [5, 5.41) is 17.9. The van der Waals surface area contributed by atoms with Crippen LogP contribution in [0.25, 0.3) is 43.6 Å². The number of aliphatic hydroxyl groups is 1. The molecule has 5 unspecified atom stereocenters. The predicted octanol–water partition coefficient (Wildman–Crippen LogP) is 21.8. The van der Waals surface area contributed by atoms with Gasteiger partial charge in [-0.25, -0.2) is 32.6 Å². The zero-order valence-electron chi connectivity index (χ0n) is 74.5. The van der Waals surface area contributed by atoms with Crippen molar-refractivity contribution in [3.63, 3.8) is 0 Å². The van der Waals surface area contributed by atoms with Crippen LogP contribution in [0.2, 0.25) is 25.1 Å². The van der Waals surface area contributed by atoms with E-state index >= 15 is 0 Å². The van der Waals surface area contributed by atoms with Gasteiger partial charge in [-0.05, 0) is 269 Å². The van der Waals surface area contributed by atoms with Gasteiger partial charge in [-0.3, -0.25) is 24.3 Å². The smallest absolute Gasteiger partial charge is 0.416 e. The Bertz CT molecular complexity index is 6590. The summed E-state index contributed by atoms with van der Waals surface area (Å²) >= 11 is 31.0. The molecule has 0 saturated heterocycles. The van der Waals surface area contributed by atoms with Gasteiger partial charge in [-0.2, -0.15) is 0 Å². The standard InChI is InChI=1S/C27H34ClN3O3.C26H23Cl2N3O4S.C26H27ClN4O4.C22H21ClN2O3/c1-4-30(5-2)15-7-17-34-21-11-8-19(9-12-21)26-25-22(14-16-31(26)27(32)33-6-3)23-18-20(28)10-13-24(23)29-25;1-2-36(33,34)30-19-8-3-16(4-9-19)25-24-21(22-15-18(28)7-12-23(22)29-24)13-14-31(25)26(32)35-20-10-5-17(27)6-11-20;1-2-34-26(33)31-11-9-21-22-13-18(27)5-8-23(22)29-24(21)25(31)17-3-6-20(7-4-17)35-15-19(32)14-30-12-10-28-16-30;1-2-27-22(26)25-9-7-16-17-12-15(23)4-5-18(17)24-20(16)21(25)14-3-6-19-13(11-14)8-10-28-19/h8-13,18,26,29H,4-7,14-17H2,1-3H3;3-12,15,25,29-30H,2,13-14H2,1H3;3-8,10,12-13,16,19,25,29,32H,2,9,11,14-15H2,1H3;3-6,11-12,21,24H,2,7-10H2,1H3. The highest BCUT2D eigenvalue weighted by molar-refractivity contribution is 7.92. The first-order chi connectivity index (χ1) is 64.5. The van der Waals surface area contributed by atoms with Crippen molar-refractivity contribution in [2.24, 2.45) is 0 Å². The number of rotatable bonds is 23. The quantitative estimate of drug-likeness (QED) is 0.0256. The van der Waals surface area contributed by atoms with E-state index in [0.717, 1.165) is 157 Å². The summed E-state index contributed by atoms with van der Waals surface area (Å²) in [5.41, 5.74) is 18.0. The molecular formula is C101H105Cl5N12O14S. The number of aromatic nitrogens is 6. The van der Waals surface area contributed by atoms with Crippen molar-refractivity contribution in [1.82, 2.24) is 54.0 Å². The zero-order chi connectivity index (χ0) is 93.1. The second-order valence-corrected chi connectivity index (χ2v) is 37.0. The number of ether oxygens (including phenoxy) is 7. The second-order valence-electron chi connectivity index (χ2n) is 32.8. The molecule has 19 rings (SSSR count). The van der Waals surface area contributed by atoms with Crippen LogP contribution in [0.3, 0.4) is 0 Å². The van der Waals surface area contributed by atoms with Crippen LogP contribution in [-0.2, 0) is 62.9 Å². The van der Waals surface area contributed by atoms with Crippen LogP contribution >= 0.6 is 58.0 Å². The van der Waals surface area contributed by atoms with Crippen LogP contribution < -0.4 is 23.7 Å². The Labute approximate surface area is 796 Å². The molecule has 4 amide bonds. The minimum absolute atomic E-state index is 0.0251. The summed E-state index contributed by atoms with van der Waals surface area (Å²) < 4.78 is 67.5. The first-order valence-corrected chi connectivity index (χ1v) is 48.4. The van der Waals surface area contributed by atoms with Gasteiger partial charge in [0.15, 0.2) is 0 Å². The number of aromatic amines is 4. The van der Waals surface area contributed by atoms with Crippen LogP contribution in [-0.4, -0.2) is 189 Å². The number of nitrogens with one attached hydrogen (secondary N) is 5. The van der Waals surface area contributed by atoms with Gasteiger partial charge in [0.2, 0.25) is 10.0 Å². The van der Waals surface area contributed by atoms with Gasteiger partial charge in [0, 0.05) is 149 Å². The Morgan fingerprint density at radius 1 is 0.481 bits per heavy atom. The van der Waals surface area contributed by atoms with Gasteiger partial charge in [0.05, 0.1) is 51.7 Å². The van der Waals surface area contributed by atoms with Crippen molar-refractivity contribution in [1.29, 1.82) is 0 Å². The summed E-state index contributed by atoms with van der Waals surface area (Å²) in [5.74, 6) is 2.78. The lowest BCUT2D eigenvalue weighted by atomic mass is 9.91. The highest BCUT2D eigenvalue weighted by Gasteiger charge is 2.41. The van der Waals surface area contributed by atoms with E-state index in [1.54, 1.807) is 83.3 Å². The number of hydrogen-bond donors (Lipinski definition) is 6. The van der Waals surface area contributed by atoms with Crippen molar-refractivity contribution in [3.8, 4) is 23.0 Å². The number of anilines is 1. The third-order valence-corrected chi connectivity index (χ3v) is 27.1. The Kier molecular flexibility index (Phi) is 30.1. The third-order valence-electron chi connectivity index (χ3n) is 24.6. The summed E-state index contributed by atoms with van der Waals surface area (Å²) in [6.45, 7) is 19.7. The van der Waals surface area contributed by atoms with Gasteiger partial charge in [-0.15, -0.1) is 0 Å². The van der Waals surface area contributed by atoms with E-state index in [9.17, 15) is 32.7 Å². The predicted molar refractivity (Wildman–Crippen MR) is 520 cm³/mol. The fraction of sp³-hybridized carbons (Fsp3) is 0.317. The van der Waals surface area contributed by atoms with Crippen molar-refractivity contribution in [3.05, 3.63) is 305 Å². The maximum atomic E-state index is 13.4. The number of hydrogen-bond acceptors (Lipinski definition) is 16. The molecule has 5 atom stereocenters. The Morgan fingerprint density at radius 2 is 0.872 bits per heavy atom. The van der Waals surface area contributed by atoms with Gasteiger partial charge < -0.3 is 67.7 Å². The summed E-state index contributed by atoms with van der Waals surface area (Å²) in [4.78, 5) is 79.3. The van der Waals surface area contributed by atoms with Gasteiger partial charge >= 0.3 is 24.4 Å². The van der Waals surface area contributed by atoms with Crippen LogP contribution in [0.1, 0.15) is 145 Å². The molecule has 0 bridgehead atoms. The van der Waals surface area contributed by atoms with Crippen LogP contribution in [0.4, 0.5) is 24.9 Å². The molecule has 0 radical (unpaired) electrons. The number of aliphatic hydroxyl groups excluding tert-OH is 1. The molecule has 0 fully saturated rings. The topological polar surface area (TPSA) is 296 Å². The fourth-order valence-corrected chi connectivity index (χ4v) is 19.7. The summed E-state index contributed by atoms with van der Waals surface area (Å²) in [7, 11) is -3.40. The molecule has 5 aliphatic heterocycles. The lowest BCUT2D eigenvalue weighted by Crippen LogP contribution is -2.42. The van der Waals surface area contributed by atoms with Crippen molar-refractivity contribution < 1.29 is 65.9 Å². The number of nitrogens with zero attached hydrogens (tertiary/aromatic N) is 7. The van der Waals surface area contributed by atoms with E-state index in [1.165, 1.54) is 16.7 Å². The van der Waals surface area contributed by atoms with Gasteiger partial charge in [0.1, 0.15) is 59.9 Å². The largest absolute Gasteiger partial charge is 0.494 e. The summed E-state index contributed by atoms with van der Waals surface area (Å²) in [6, 6.07) is 57.5. The molecule has 133 heavy (non-hydrogen) atoms. The second kappa shape index (κ2) is 42.5. The molecule has 0 saturated carbocycles. The van der Waals surface area contributed by atoms with Crippen LogP contribution in [0.5, 0.6) is 23.0 Å². The molecule has 6 N–H and O–H groups in total. The average molecular weight is 1920 g/mol. The maximum absolute atomic E-state index is 13.4. The van der Waals surface area contributed by atoms with Gasteiger partial charge in [-0.1, -0.05) is 114 Å². The fourth-order valence-electron chi connectivity index (χ4n) is 18.3. The van der Waals surface area contributed by atoms with E-state index in [0.29, 0.717) is 121 Å². The number of sulfonamides is 1. The number of imidazole rings is 1. The monoisotopic (exact) mass is 1920 g/mol. The molecule has 0 spiro atoms. The maximum Gasteiger partial charge on any atom is 0.416 e. The number of halogens is 5. The number of amides is 4. The number of H-pyrrole nitrogens is 4. The number of carbonyl (C=O) groups is 4. The molecule has 5 aromatic heterocycles. The lowest BCUT2D eigenvalue weighted by Gasteiger charge is -2.35. The van der Waals surface area contributed by atoms with E-state index in [1.807, 2.05) is 163 Å². The SMILES string of the molecule is CCOC(=O)N1CCc2c([nH]c3ccc(Cl)cc23)C1c1ccc(OCC(O)Cn2ccnc2)cc1.CCOC(=O)N1CCc2c([nH]c3ccc(Cl)cc23)C1c1ccc(OCCCN(CC)CC)cc1.CCOC(=O)N1CCc2c([nH]c3ccc(Cl)cc23)C1c1ccc2c(c1)CCO2.CCS(=O)(=O)Nc1ccc(C2c3[nH]c4ccc(Cl)cc4c3CCN2C(=O)Oc2ccc(Cl)cc2)cc1. The molecule has 10 heterocycles. The normalized spacial score (nSPS) is 16.2. The Morgan fingerprint density at radius 3 is 1.28 bits per heavy atom. The molecule has 694 valence electrons. The third kappa shape index (κ3) is 21.4. The molecular weight excluding hydrogens is 1810 g/mol. The van der Waals surface area contributed by atoms with Crippen LogP contribution in [0, 0.1) is 0 Å². The first-order valence-electron chi connectivity index (χ1n) is 44.9. The highest BCUT2D eigenvalue weighted by atomic mass is 35.5. The van der Waals surface area contributed by atoms with Crippen molar-refractivity contribution in [2.45, 2.75) is 117 Å². The minimum atomic E-state index is -3.40. The number of fused-ring (bicyclic) bond motifs is 13. The first kappa shape index (κ1) is 94.2. The van der Waals surface area contributed by atoms with E-state index in [-0.39, 0.29) is 48.8 Å². The van der Waals surface area contributed by atoms with Crippen molar-refractivity contribution >= 4 is 142 Å². The molecule has 9 aromatic carbocycles. The lowest BCUT2D eigenvalue weighted by molar-refractivity contribution is 0.0915. The number of carbonyl (C=O) groups excluding carboxylic acids is 4. The average Bonchev–Trinajstić information content (AvgIpc) is 1.62.